The lowest BCUT2D eigenvalue weighted by Gasteiger charge is -2.25. The van der Waals surface area contributed by atoms with Crippen molar-refractivity contribution in [3.8, 4) is 0 Å². The summed E-state index contributed by atoms with van der Waals surface area (Å²) in [5.74, 6) is -0.0444. The number of carbonyl (C=O) groups excluding carboxylic acids is 1. The maximum atomic E-state index is 11.9. The molecular formula is C16H14N2O. The lowest BCUT2D eigenvalue weighted by molar-refractivity contribution is 0.0943. The third-order valence-corrected chi connectivity index (χ3v) is 3.05. The smallest absolute Gasteiger partial charge is 0.255 e. The molecule has 3 nitrogen and oxygen atoms in total. The number of fused-ring (bicyclic) bond motifs is 1. The van der Waals surface area contributed by atoms with E-state index in [1.807, 2.05) is 66.7 Å². The number of rotatable bonds is 2. The topological polar surface area (TPSA) is 41.1 Å². The summed E-state index contributed by atoms with van der Waals surface area (Å²) in [4.78, 5) is 11.9. The third kappa shape index (κ3) is 2.50. The Morgan fingerprint density at radius 2 is 1.63 bits per heavy atom. The maximum Gasteiger partial charge on any atom is 0.255 e. The van der Waals surface area contributed by atoms with Crippen LogP contribution in [-0.2, 0) is 0 Å². The molecule has 2 aromatic rings. The van der Waals surface area contributed by atoms with E-state index in [9.17, 15) is 4.79 Å². The van der Waals surface area contributed by atoms with Crippen LogP contribution in [0.4, 0.5) is 5.69 Å². The van der Waals surface area contributed by atoms with Gasteiger partial charge in [0.2, 0.25) is 0 Å². The summed E-state index contributed by atoms with van der Waals surface area (Å²) >= 11 is 0. The number of para-hydroxylation sites is 1. The number of hydrogen-bond donors (Lipinski definition) is 2. The van der Waals surface area contributed by atoms with E-state index in [0.29, 0.717) is 5.56 Å². The highest BCUT2D eigenvalue weighted by atomic mass is 16.2. The number of benzene rings is 2. The van der Waals surface area contributed by atoms with Crippen molar-refractivity contribution >= 4 is 17.7 Å². The molecule has 0 saturated heterocycles. The van der Waals surface area contributed by atoms with E-state index in [0.717, 1.165) is 11.3 Å². The fourth-order valence-electron chi connectivity index (χ4n) is 2.10. The van der Waals surface area contributed by atoms with Gasteiger partial charge in [0.05, 0.1) is 5.56 Å². The first kappa shape index (κ1) is 11.5. The molecule has 0 fully saturated rings. The quantitative estimate of drug-likeness (QED) is 0.860. The van der Waals surface area contributed by atoms with Crippen molar-refractivity contribution in [1.82, 2.24) is 5.32 Å². The van der Waals surface area contributed by atoms with Gasteiger partial charge in [0.1, 0.15) is 6.17 Å². The van der Waals surface area contributed by atoms with Crippen molar-refractivity contribution in [1.29, 1.82) is 0 Å². The Morgan fingerprint density at radius 1 is 0.895 bits per heavy atom. The fourth-order valence-corrected chi connectivity index (χ4v) is 2.10. The van der Waals surface area contributed by atoms with Crippen LogP contribution in [0.15, 0.2) is 60.7 Å². The molecular weight excluding hydrogens is 236 g/mol. The van der Waals surface area contributed by atoms with Gasteiger partial charge in [-0.2, -0.15) is 0 Å². The Hall–Kier alpha value is -2.55. The molecule has 0 aromatic heterocycles. The van der Waals surface area contributed by atoms with Crippen LogP contribution in [0.25, 0.3) is 6.08 Å². The van der Waals surface area contributed by atoms with E-state index in [1.165, 1.54) is 0 Å². The highest BCUT2D eigenvalue weighted by Gasteiger charge is 2.20. The first-order valence-electron chi connectivity index (χ1n) is 6.22. The molecule has 3 heteroatoms. The van der Waals surface area contributed by atoms with Crippen LogP contribution < -0.4 is 10.6 Å². The van der Waals surface area contributed by atoms with E-state index in [2.05, 4.69) is 10.6 Å². The summed E-state index contributed by atoms with van der Waals surface area (Å²) < 4.78 is 0. The number of carbonyl (C=O) groups is 1. The zero-order chi connectivity index (χ0) is 13.1. The summed E-state index contributed by atoms with van der Waals surface area (Å²) in [6.07, 6.45) is 3.76. The predicted octanol–water partition coefficient (Wildman–Crippen LogP) is 2.88. The second kappa shape index (κ2) is 4.98. The first-order chi connectivity index (χ1) is 9.33. The van der Waals surface area contributed by atoms with Gasteiger partial charge in [-0.05, 0) is 23.8 Å². The van der Waals surface area contributed by atoms with Gasteiger partial charge in [-0.1, -0.05) is 48.5 Å². The molecule has 1 aliphatic rings. The molecule has 1 heterocycles. The first-order valence-corrected chi connectivity index (χ1v) is 6.22. The lowest BCUT2D eigenvalue weighted by Crippen LogP contribution is -2.43. The minimum absolute atomic E-state index is 0.0444. The number of amides is 1. The standard InChI is InChI=1S/C16H14N2O/c19-16-13-8-4-5-9-14(13)17-15(18-16)11-10-12-6-2-1-3-7-12/h1-11,15,17H,(H,18,19)/b11-10+. The van der Waals surface area contributed by atoms with Crippen LogP contribution in [0.3, 0.4) is 0 Å². The summed E-state index contributed by atoms with van der Waals surface area (Å²) in [7, 11) is 0. The zero-order valence-corrected chi connectivity index (χ0v) is 10.3. The number of nitrogens with one attached hydrogen (secondary N) is 2. The molecule has 0 saturated carbocycles. The van der Waals surface area contributed by atoms with Crippen molar-refractivity contribution < 1.29 is 4.79 Å². The molecule has 2 N–H and O–H groups in total. The van der Waals surface area contributed by atoms with Crippen LogP contribution in [0.5, 0.6) is 0 Å². The lowest BCUT2D eigenvalue weighted by atomic mass is 10.1. The van der Waals surface area contributed by atoms with E-state index in [-0.39, 0.29) is 12.1 Å². The van der Waals surface area contributed by atoms with Gasteiger partial charge in [0.25, 0.3) is 5.91 Å². The molecule has 19 heavy (non-hydrogen) atoms. The van der Waals surface area contributed by atoms with Crippen molar-refractivity contribution in [2.45, 2.75) is 6.17 Å². The van der Waals surface area contributed by atoms with E-state index >= 15 is 0 Å². The van der Waals surface area contributed by atoms with Crippen LogP contribution in [-0.4, -0.2) is 12.1 Å². The summed E-state index contributed by atoms with van der Waals surface area (Å²) in [6, 6.07) is 17.5. The van der Waals surface area contributed by atoms with Gasteiger partial charge in [-0.15, -0.1) is 0 Å². The van der Waals surface area contributed by atoms with Crippen molar-refractivity contribution in [3.63, 3.8) is 0 Å². The molecule has 0 spiro atoms. The van der Waals surface area contributed by atoms with Crippen LogP contribution in [0.2, 0.25) is 0 Å². The fraction of sp³-hybridized carbons (Fsp3) is 0.0625. The molecule has 1 atom stereocenters. The molecule has 1 amide bonds. The molecule has 0 bridgehead atoms. The Bertz CT molecular complexity index is 620. The largest absolute Gasteiger partial charge is 0.361 e. The Labute approximate surface area is 112 Å². The van der Waals surface area contributed by atoms with Gasteiger partial charge >= 0.3 is 0 Å². The SMILES string of the molecule is O=C1NC(/C=C/c2ccccc2)Nc2ccccc21. The van der Waals surface area contributed by atoms with Crippen LogP contribution in [0.1, 0.15) is 15.9 Å². The normalized spacial score (nSPS) is 17.7. The average Bonchev–Trinajstić information content (AvgIpc) is 2.46. The molecule has 0 aliphatic carbocycles. The molecule has 2 aromatic carbocycles. The minimum atomic E-state index is -0.178. The van der Waals surface area contributed by atoms with Gasteiger partial charge in [-0.25, -0.2) is 0 Å². The van der Waals surface area contributed by atoms with Gasteiger partial charge < -0.3 is 10.6 Å². The predicted molar refractivity (Wildman–Crippen MR) is 76.8 cm³/mol. The highest BCUT2D eigenvalue weighted by Crippen LogP contribution is 2.19. The highest BCUT2D eigenvalue weighted by molar-refractivity contribution is 6.01. The number of anilines is 1. The maximum absolute atomic E-state index is 11.9. The van der Waals surface area contributed by atoms with Gasteiger partial charge in [0, 0.05) is 5.69 Å². The molecule has 0 radical (unpaired) electrons. The molecule has 3 rings (SSSR count). The van der Waals surface area contributed by atoms with E-state index in [1.54, 1.807) is 0 Å². The van der Waals surface area contributed by atoms with Crippen LogP contribution in [0, 0.1) is 0 Å². The molecule has 1 aliphatic heterocycles. The Morgan fingerprint density at radius 3 is 2.47 bits per heavy atom. The van der Waals surface area contributed by atoms with Crippen molar-refractivity contribution in [3.05, 3.63) is 71.8 Å². The Balaban J connectivity index is 1.79. The minimum Gasteiger partial charge on any atom is -0.361 e. The average molecular weight is 250 g/mol. The molecule has 1 unspecified atom stereocenters. The zero-order valence-electron chi connectivity index (χ0n) is 10.3. The molecule has 94 valence electrons. The number of hydrogen-bond acceptors (Lipinski definition) is 2. The van der Waals surface area contributed by atoms with Crippen molar-refractivity contribution in [2.75, 3.05) is 5.32 Å². The third-order valence-electron chi connectivity index (χ3n) is 3.05. The summed E-state index contributed by atoms with van der Waals surface area (Å²) in [6.45, 7) is 0. The van der Waals surface area contributed by atoms with Crippen LogP contribution >= 0.6 is 0 Å². The van der Waals surface area contributed by atoms with Gasteiger partial charge in [0.15, 0.2) is 0 Å². The van der Waals surface area contributed by atoms with Crippen molar-refractivity contribution in [2.24, 2.45) is 0 Å². The monoisotopic (exact) mass is 250 g/mol. The second-order valence-corrected chi connectivity index (χ2v) is 4.41. The van der Waals surface area contributed by atoms with E-state index < -0.39 is 0 Å². The summed E-state index contributed by atoms with van der Waals surface area (Å²) in [5, 5.41) is 6.18. The second-order valence-electron chi connectivity index (χ2n) is 4.41. The Kier molecular flexibility index (Phi) is 3.02. The van der Waals surface area contributed by atoms with Gasteiger partial charge in [-0.3, -0.25) is 4.79 Å². The summed E-state index contributed by atoms with van der Waals surface area (Å²) in [5.41, 5.74) is 2.67. The van der Waals surface area contributed by atoms with E-state index in [4.69, 9.17) is 0 Å².